The zero-order valence-electron chi connectivity index (χ0n) is 21.2. The minimum atomic E-state index is -3.83. The maximum Gasteiger partial charge on any atom is 0.510 e. The highest BCUT2D eigenvalue weighted by Gasteiger charge is 2.31. The second kappa shape index (κ2) is 14.1. The molecular formula is C21H35N6O8P. The number of esters is 1. The van der Waals surface area contributed by atoms with Crippen molar-refractivity contribution in [2.45, 2.75) is 72.3 Å². The summed E-state index contributed by atoms with van der Waals surface area (Å²) in [5.41, 5.74) is 6.80. The van der Waals surface area contributed by atoms with Gasteiger partial charge in [-0.05, 0) is 34.1 Å². The van der Waals surface area contributed by atoms with E-state index in [2.05, 4.69) is 20.0 Å². The van der Waals surface area contributed by atoms with Gasteiger partial charge < -0.3 is 29.2 Å². The first-order valence-corrected chi connectivity index (χ1v) is 13.4. The fraction of sp³-hybridized carbons (Fsp3) is 0.667. The molecule has 3 atom stereocenters. The zero-order valence-corrected chi connectivity index (χ0v) is 22.1. The molecular weight excluding hydrogens is 495 g/mol. The van der Waals surface area contributed by atoms with Crippen molar-refractivity contribution < 1.29 is 37.6 Å². The van der Waals surface area contributed by atoms with Gasteiger partial charge in [0.1, 0.15) is 24.2 Å². The van der Waals surface area contributed by atoms with Gasteiger partial charge >= 0.3 is 12.1 Å². The number of aromatic nitrogens is 4. The molecule has 2 aromatic heterocycles. The lowest BCUT2D eigenvalue weighted by atomic mass is 10.3. The minimum absolute atomic E-state index is 0.247. The summed E-state index contributed by atoms with van der Waals surface area (Å²) < 4.78 is 41.1. The van der Waals surface area contributed by atoms with Crippen molar-refractivity contribution in [3.8, 4) is 0 Å². The van der Waals surface area contributed by atoms with E-state index in [4.69, 9.17) is 29.2 Å². The Bertz CT molecular complexity index is 1050. The van der Waals surface area contributed by atoms with Crippen molar-refractivity contribution in [1.29, 1.82) is 0 Å². The largest absolute Gasteiger partial charge is 0.510 e. The van der Waals surface area contributed by atoms with E-state index in [9.17, 15) is 14.2 Å². The number of hydrogen-bond acceptors (Lipinski definition) is 12. The van der Waals surface area contributed by atoms with Crippen LogP contribution in [-0.2, 0) is 39.4 Å². The number of anilines is 1. The predicted molar refractivity (Wildman–Crippen MR) is 130 cm³/mol. The molecule has 2 aromatic rings. The number of imidazole rings is 1. The van der Waals surface area contributed by atoms with Gasteiger partial charge in [0.2, 0.25) is 6.79 Å². The van der Waals surface area contributed by atoms with Crippen LogP contribution in [-0.4, -0.2) is 69.6 Å². The first-order valence-electron chi connectivity index (χ1n) is 11.6. The van der Waals surface area contributed by atoms with Crippen LogP contribution >= 0.6 is 7.52 Å². The summed E-state index contributed by atoms with van der Waals surface area (Å²) in [4.78, 5) is 36.2. The highest BCUT2D eigenvalue weighted by molar-refractivity contribution is 7.56. The van der Waals surface area contributed by atoms with E-state index in [1.54, 1.807) is 31.7 Å². The molecule has 0 spiro atoms. The molecule has 2 heterocycles. The third kappa shape index (κ3) is 9.34. The third-order valence-electron chi connectivity index (χ3n) is 4.67. The maximum absolute atomic E-state index is 13.5. The van der Waals surface area contributed by atoms with Gasteiger partial charge in [0.15, 0.2) is 11.5 Å². The summed E-state index contributed by atoms with van der Waals surface area (Å²) in [7, 11) is -3.83. The second-order valence-corrected chi connectivity index (χ2v) is 10.4. The molecule has 0 aliphatic carbocycles. The van der Waals surface area contributed by atoms with E-state index in [-0.39, 0.29) is 12.4 Å². The summed E-state index contributed by atoms with van der Waals surface area (Å²) in [5.74, 6) is -0.340. The van der Waals surface area contributed by atoms with E-state index in [0.717, 1.165) is 6.42 Å². The van der Waals surface area contributed by atoms with Crippen molar-refractivity contribution in [3.63, 3.8) is 0 Å². The number of nitrogens with zero attached hydrogens (tertiary/aromatic N) is 4. The lowest BCUT2D eigenvalue weighted by Crippen LogP contribution is -2.35. The van der Waals surface area contributed by atoms with Gasteiger partial charge in [-0.1, -0.05) is 13.3 Å². The highest BCUT2D eigenvalue weighted by atomic mass is 31.2. The average molecular weight is 531 g/mol. The maximum atomic E-state index is 13.5. The van der Waals surface area contributed by atoms with E-state index < -0.39 is 51.0 Å². The minimum Gasteiger partial charge on any atom is -0.465 e. The number of unbranched alkanes of at least 4 members (excludes halogenated alkanes) is 1. The molecule has 0 bridgehead atoms. The molecule has 0 fully saturated rings. The molecule has 0 amide bonds. The first kappa shape index (κ1) is 29.4. The van der Waals surface area contributed by atoms with Gasteiger partial charge in [-0.15, -0.1) is 0 Å². The van der Waals surface area contributed by atoms with Crippen LogP contribution in [0.5, 0.6) is 0 Å². The lowest BCUT2D eigenvalue weighted by molar-refractivity contribution is -0.145. The van der Waals surface area contributed by atoms with E-state index in [1.807, 2.05) is 6.92 Å². The van der Waals surface area contributed by atoms with E-state index >= 15 is 0 Å². The molecule has 0 saturated heterocycles. The number of hydrogen-bond donors (Lipinski definition) is 2. The van der Waals surface area contributed by atoms with Gasteiger partial charge in [-0.3, -0.25) is 13.9 Å². The molecule has 202 valence electrons. The Morgan fingerprint density at radius 2 is 1.92 bits per heavy atom. The van der Waals surface area contributed by atoms with Crippen LogP contribution in [0.25, 0.3) is 11.2 Å². The van der Waals surface area contributed by atoms with E-state index in [0.29, 0.717) is 24.1 Å². The van der Waals surface area contributed by atoms with Crippen LogP contribution in [0.3, 0.4) is 0 Å². The Balaban J connectivity index is 2.01. The van der Waals surface area contributed by atoms with Crippen molar-refractivity contribution in [2.75, 3.05) is 25.5 Å². The Morgan fingerprint density at radius 1 is 1.17 bits per heavy atom. The monoisotopic (exact) mass is 530 g/mol. The molecule has 0 aliphatic rings. The molecule has 0 aliphatic heterocycles. The number of ether oxygens (including phenoxy) is 4. The molecule has 0 aromatic carbocycles. The number of nitrogen functional groups attached to an aromatic ring is 1. The SMILES string of the molecule is CCCCOC(=O)[C@H](C)NP(=O)(CO[C@H](C)Cn1cnc2c(N)ncnc21)OCOC(=O)OC(C)C. The van der Waals surface area contributed by atoms with Crippen LogP contribution in [0.2, 0.25) is 0 Å². The number of rotatable bonds is 15. The third-order valence-corrected chi connectivity index (χ3v) is 6.46. The lowest BCUT2D eigenvalue weighted by Gasteiger charge is -2.24. The van der Waals surface area contributed by atoms with Gasteiger partial charge in [0.25, 0.3) is 7.52 Å². The first-order chi connectivity index (χ1) is 17.0. The average Bonchev–Trinajstić information content (AvgIpc) is 3.21. The number of carbonyl (C=O) groups excluding carboxylic acids is 2. The Labute approximate surface area is 209 Å². The van der Waals surface area contributed by atoms with Crippen molar-refractivity contribution >= 4 is 36.6 Å². The molecule has 3 N–H and O–H groups in total. The molecule has 0 radical (unpaired) electrons. The smallest absolute Gasteiger partial charge is 0.465 e. The summed E-state index contributed by atoms with van der Waals surface area (Å²) in [6.45, 7) is 8.39. The predicted octanol–water partition coefficient (Wildman–Crippen LogP) is 2.82. The molecule has 14 nitrogen and oxygen atoms in total. The number of nitrogens with two attached hydrogens (primary N) is 1. The number of nitrogens with one attached hydrogen (secondary N) is 1. The van der Waals surface area contributed by atoms with Crippen molar-refractivity contribution in [3.05, 3.63) is 12.7 Å². The van der Waals surface area contributed by atoms with Crippen LogP contribution in [0.4, 0.5) is 10.6 Å². The number of fused-ring (bicyclic) bond motifs is 1. The van der Waals surface area contributed by atoms with Crippen LogP contribution in [0.15, 0.2) is 12.7 Å². The van der Waals surface area contributed by atoms with Crippen molar-refractivity contribution in [1.82, 2.24) is 24.6 Å². The molecule has 2 rings (SSSR count). The molecule has 0 saturated carbocycles. The van der Waals surface area contributed by atoms with E-state index in [1.165, 1.54) is 13.3 Å². The number of carbonyl (C=O) groups is 2. The van der Waals surface area contributed by atoms with Crippen molar-refractivity contribution in [2.24, 2.45) is 0 Å². The summed E-state index contributed by atoms with van der Waals surface area (Å²) >= 11 is 0. The second-order valence-electron chi connectivity index (χ2n) is 8.29. The van der Waals surface area contributed by atoms with Crippen LogP contribution in [0, 0.1) is 0 Å². The van der Waals surface area contributed by atoms with Gasteiger partial charge in [-0.2, -0.15) is 0 Å². The quantitative estimate of drug-likeness (QED) is 0.149. The van der Waals surface area contributed by atoms with Crippen LogP contribution in [0.1, 0.15) is 47.5 Å². The topological polar surface area (TPSA) is 179 Å². The molecule has 1 unspecified atom stereocenters. The fourth-order valence-electron chi connectivity index (χ4n) is 2.88. The summed E-state index contributed by atoms with van der Waals surface area (Å²) in [5, 5.41) is 2.63. The molecule has 36 heavy (non-hydrogen) atoms. The van der Waals surface area contributed by atoms with Gasteiger partial charge in [0.05, 0.1) is 31.7 Å². The fourth-order valence-corrected chi connectivity index (χ4v) is 4.47. The normalized spacial score (nSPS) is 14.8. The highest BCUT2D eigenvalue weighted by Crippen LogP contribution is 2.43. The Kier molecular flexibility index (Phi) is 11.5. The summed E-state index contributed by atoms with van der Waals surface area (Å²) in [6, 6.07) is -0.966. The standard InChI is InChI=1S/C21H35N6O8P/c1-6-7-8-31-20(28)16(5)26-36(30,34-12-32-21(29)35-14(2)3)13-33-15(4)9-27-11-25-17-18(22)23-10-24-19(17)27/h10-11,14-16H,6-9,12-13H2,1-5H3,(H,26,30)(H2,22,23,24)/t15-,16+,36?/m1/s1. The zero-order chi connectivity index (χ0) is 26.7. The Morgan fingerprint density at radius 3 is 2.61 bits per heavy atom. The van der Waals surface area contributed by atoms with Gasteiger partial charge in [-0.25, -0.2) is 24.8 Å². The summed E-state index contributed by atoms with van der Waals surface area (Å²) in [6.07, 6.45) is 2.17. The van der Waals surface area contributed by atoms with Crippen LogP contribution < -0.4 is 10.8 Å². The molecule has 15 heteroatoms. The Hall–Kier alpha value is -2.80. The van der Waals surface area contributed by atoms with Gasteiger partial charge in [0, 0.05) is 0 Å².